The van der Waals surface area contributed by atoms with Crippen LogP contribution in [-0.2, 0) is 4.74 Å². The van der Waals surface area contributed by atoms with Crippen molar-refractivity contribution in [3.05, 3.63) is 0 Å². The van der Waals surface area contributed by atoms with Crippen molar-refractivity contribution in [3.63, 3.8) is 0 Å². The van der Waals surface area contributed by atoms with E-state index in [1.54, 1.807) is 11.8 Å². The maximum Gasteiger partial charge on any atom is 0.408 e. The summed E-state index contributed by atoms with van der Waals surface area (Å²) in [6, 6.07) is 0.343. The van der Waals surface area contributed by atoms with E-state index in [1.807, 2.05) is 0 Å². The average molecular weight is 231 g/mol. The summed E-state index contributed by atoms with van der Waals surface area (Å²) in [5, 5.41) is 3.43. The van der Waals surface area contributed by atoms with Crippen LogP contribution in [0.4, 0.5) is 4.79 Å². The zero-order chi connectivity index (χ0) is 11.1. The third-order valence-corrected chi connectivity index (χ3v) is 3.44. The Balaban J connectivity index is 2.06. The first-order valence-corrected chi connectivity index (χ1v) is 6.78. The molecule has 0 aliphatic heterocycles. The third kappa shape index (κ3) is 5.92. The molecule has 88 valence electrons. The Labute approximate surface area is 96.3 Å². The van der Waals surface area contributed by atoms with Gasteiger partial charge in [0.1, 0.15) is 5.94 Å². The number of amides is 1. The van der Waals surface area contributed by atoms with Crippen molar-refractivity contribution in [1.82, 2.24) is 5.32 Å². The Bertz CT molecular complexity index is 191. The van der Waals surface area contributed by atoms with E-state index in [9.17, 15) is 4.79 Å². The average Bonchev–Trinajstić information content (AvgIpc) is 2.18. The van der Waals surface area contributed by atoms with Gasteiger partial charge in [0, 0.05) is 11.3 Å². The van der Waals surface area contributed by atoms with E-state index in [0.717, 1.165) is 12.8 Å². The number of ether oxygens (including phenoxy) is 1. The Hall–Kier alpha value is -0.380. The number of thioether (sulfide) groups is 1. The highest BCUT2D eigenvalue weighted by atomic mass is 32.2. The second-order valence-corrected chi connectivity index (χ2v) is 5.76. The van der Waals surface area contributed by atoms with Gasteiger partial charge >= 0.3 is 6.09 Å². The van der Waals surface area contributed by atoms with Crippen LogP contribution in [0.2, 0.25) is 0 Å². The zero-order valence-electron chi connectivity index (χ0n) is 9.62. The summed E-state index contributed by atoms with van der Waals surface area (Å²) in [6.45, 7) is 4.18. The number of rotatable bonds is 4. The molecule has 0 unspecified atom stereocenters. The van der Waals surface area contributed by atoms with Crippen molar-refractivity contribution in [2.24, 2.45) is 0 Å². The summed E-state index contributed by atoms with van der Waals surface area (Å²) >= 11 is 1.64. The monoisotopic (exact) mass is 231 g/mol. The van der Waals surface area contributed by atoms with Crippen LogP contribution in [0, 0.1) is 0 Å². The molecule has 3 nitrogen and oxygen atoms in total. The largest absolute Gasteiger partial charge is 0.438 e. The summed E-state index contributed by atoms with van der Waals surface area (Å²) in [5.41, 5.74) is 0. The van der Waals surface area contributed by atoms with Gasteiger partial charge in [-0.25, -0.2) is 4.79 Å². The minimum Gasteiger partial charge on any atom is -0.438 e. The standard InChI is InChI=1S/C11H21NO2S/c1-9(2)15-8-14-11(13)12-10-6-4-3-5-7-10/h9-10H,3-8H2,1-2H3,(H,12,13). The number of nitrogens with one attached hydrogen (secondary N) is 1. The third-order valence-electron chi connectivity index (χ3n) is 2.52. The summed E-state index contributed by atoms with van der Waals surface area (Å²) < 4.78 is 5.07. The molecule has 0 heterocycles. The van der Waals surface area contributed by atoms with Crippen molar-refractivity contribution in [2.45, 2.75) is 57.2 Å². The van der Waals surface area contributed by atoms with Crippen molar-refractivity contribution < 1.29 is 9.53 Å². The lowest BCUT2D eigenvalue weighted by molar-refractivity contribution is 0.158. The summed E-state index contributed by atoms with van der Waals surface area (Å²) in [6.07, 6.45) is 5.71. The molecule has 1 fully saturated rings. The normalized spacial score (nSPS) is 17.8. The predicted molar refractivity (Wildman–Crippen MR) is 64.1 cm³/mol. The van der Waals surface area contributed by atoms with Crippen LogP contribution in [-0.4, -0.2) is 23.3 Å². The van der Waals surface area contributed by atoms with Crippen LogP contribution in [0.5, 0.6) is 0 Å². The maximum atomic E-state index is 11.3. The molecule has 1 saturated carbocycles. The van der Waals surface area contributed by atoms with Gasteiger partial charge in [-0.2, -0.15) is 0 Å². The van der Waals surface area contributed by atoms with Gasteiger partial charge in [-0.05, 0) is 12.8 Å². The molecule has 1 amide bonds. The molecule has 4 heteroatoms. The van der Waals surface area contributed by atoms with Gasteiger partial charge in [0.15, 0.2) is 0 Å². The molecule has 0 aromatic carbocycles. The fourth-order valence-electron chi connectivity index (χ4n) is 1.68. The molecule has 1 aliphatic rings. The van der Waals surface area contributed by atoms with Crippen LogP contribution < -0.4 is 5.32 Å². The fourth-order valence-corrected chi connectivity index (χ4v) is 2.13. The first-order valence-electron chi connectivity index (χ1n) is 5.73. The molecule has 0 atom stereocenters. The Morgan fingerprint density at radius 2 is 2.07 bits per heavy atom. The Morgan fingerprint density at radius 3 is 2.67 bits per heavy atom. The molecule has 0 spiro atoms. The highest BCUT2D eigenvalue weighted by Crippen LogP contribution is 2.17. The molecular formula is C11H21NO2S. The molecule has 0 aromatic heterocycles. The van der Waals surface area contributed by atoms with Gasteiger partial charge in [0.05, 0.1) is 0 Å². The fraction of sp³-hybridized carbons (Fsp3) is 0.909. The lowest BCUT2D eigenvalue weighted by Crippen LogP contribution is -2.36. The second kappa shape index (κ2) is 6.99. The van der Waals surface area contributed by atoms with Gasteiger partial charge in [0.25, 0.3) is 0 Å². The zero-order valence-corrected chi connectivity index (χ0v) is 10.4. The molecule has 0 bridgehead atoms. The summed E-state index contributed by atoms with van der Waals surface area (Å²) in [7, 11) is 0. The molecule has 0 aromatic rings. The van der Waals surface area contributed by atoms with Crippen molar-refractivity contribution in [2.75, 3.05) is 5.94 Å². The quantitative estimate of drug-likeness (QED) is 0.755. The number of carbonyl (C=O) groups excluding carboxylic acids is 1. The molecular weight excluding hydrogens is 210 g/mol. The number of carbonyl (C=O) groups is 1. The van der Waals surface area contributed by atoms with Gasteiger partial charge in [0.2, 0.25) is 0 Å². The van der Waals surface area contributed by atoms with Gasteiger partial charge in [-0.15, -0.1) is 11.8 Å². The number of hydrogen-bond acceptors (Lipinski definition) is 3. The molecule has 0 radical (unpaired) electrons. The highest BCUT2D eigenvalue weighted by Gasteiger charge is 2.16. The first-order chi connectivity index (χ1) is 7.18. The molecule has 1 rings (SSSR count). The molecule has 15 heavy (non-hydrogen) atoms. The smallest absolute Gasteiger partial charge is 0.408 e. The summed E-state index contributed by atoms with van der Waals surface area (Å²) in [4.78, 5) is 11.3. The highest BCUT2D eigenvalue weighted by molar-refractivity contribution is 7.99. The van der Waals surface area contributed by atoms with Crippen LogP contribution >= 0.6 is 11.8 Å². The van der Waals surface area contributed by atoms with E-state index in [4.69, 9.17) is 4.74 Å². The van der Waals surface area contributed by atoms with Crippen molar-refractivity contribution in [3.8, 4) is 0 Å². The Kier molecular flexibility index (Phi) is 5.91. The van der Waals surface area contributed by atoms with Crippen LogP contribution in [0.3, 0.4) is 0 Å². The van der Waals surface area contributed by atoms with E-state index in [-0.39, 0.29) is 6.09 Å². The van der Waals surface area contributed by atoms with E-state index < -0.39 is 0 Å². The first kappa shape index (κ1) is 12.7. The van der Waals surface area contributed by atoms with Crippen molar-refractivity contribution in [1.29, 1.82) is 0 Å². The molecule has 0 saturated heterocycles. The minimum absolute atomic E-state index is 0.255. The molecule has 1 N–H and O–H groups in total. The lowest BCUT2D eigenvalue weighted by Gasteiger charge is -2.22. The minimum atomic E-state index is -0.255. The lowest BCUT2D eigenvalue weighted by atomic mass is 9.96. The summed E-state index contributed by atoms with van der Waals surface area (Å²) in [5.74, 6) is 0.455. The van der Waals surface area contributed by atoms with E-state index in [2.05, 4.69) is 19.2 Å². The van der Waals surface area contributed by atoms with E-state index in [1.165, 1.54) is 19.3 Å². The van der Waals surface area contributed by atoms with Crippen LogP contribution in [0.15, 0.2) is 0 Å². The van der Waals surface area contributed by atoms with Crippen LogP contribution in [0.25, 0.3) is 0 Å². The SMILES string of the molecule is CC(C)SCOC(=O)NC1CCCCC1. The van der Waals surface area contributed by atoms with Gasteiger partial charge in [-0.1, -0.05) is 33.1 Å². The predicted octanol–water partition coefficient (Wildman–Crippen LogP) is 3.14. The van der Waals surface area contributed by atoms with Crippen LogP contribution in [0.1, 0.15) is 46.0 Å². The van der Waals surface area contributed by atoms with E-state index in [0.29, 0.717) is 17.2 Å². The topological polar surface area (TPSA) is 38.3 Å². The van der Waals surface area contributed by atoms with E-state index >= 15 is 0 Å². The number of hydrogen-bond donors (Lipinski definition) is 1. The number of alkyl carbamates (subject to hydrolysis) is 1. The van der Waals surface area contributed by atoms with Crippen molar-refractivity contribution >= 4 is 17.9 Å². The molecule has 1 aliphatic carbocycles. The maximum absolute atomic E-state index is 11.3. The van der Waals surface area contributed by atoms with Gasteiger partial charge in [-0.3, -0.25) is 0 Å². The van der Waals surface area contributed by atoms with Gasteiger partial charge < -0.3 is 10.1 Å². The second-order valence-electron chi connectivity index (χ2n) is 4.24. The Morgan fingerprint density at radius 1 is 1.40 bits per heavy atom.